The van der Waals surface area contributed by atoms with Crippen molar-refractivity contribution in [1.82, 2.24) is 15.1 Å². The zero-order valence-electron chi connectivity index (χ0n) is 24.5. The van der Waals surface area contributed by atoms with Crippen LogP contribution in [0, 0.1) is 17.8 Å². The molecule has 7 atom stereocenters. The Kier molecular flexibility index (Phi) is 8.90. The molecule has 1 saturated carbocycles. The van der Waals surface area contributed by atoms with Crippen LogP contribution >= 0.6 is 0 Å². The molecule has 10 heteroatoms. The number of allylic oxidation sites excluding steroid dienone is 1. The molecule has 1 spiro atoms. The lowest BCUT2D eigenvalue weighted by atomic mass is 9.77. The lowest BCUT2D eigenvalue weighted by molar-refractivity contribution is -0.160. The predicted molar refractivity (Wildman–Crippen MR) is 150 cm³/mol. The van der Waals surface area contributed by atoms with Crippen molar-refractivity contribution >= 4 is 23.7 Å². The molecular formula is C31H45N3O7. The summed E-state index contributed by atoms with van der Waals surface area (Å²) < 4.78 is 12.5. The van der Waals surface area contributed by atoms with E-state index in [1.54, 1.807) is 24.0 Å². The number of hydrogen-bond donors (Lipinski definition) is 2. The van der Waals surface area contributed by atoms with E-state index in [0.29, 0.717) is 19.4 Å². The van der Waals surface area contributed by atoms with Crippen LogP contribution in [0.15, 0.2) is 24.3 Å². The number of nitrogens with zero attached hydrogens (tertiary/aromatic N) is 2. The van der Waals surface area contributed by atoms with Crippen molar-refractivity contribution in [3.63, 3.8) is 0 Å². The molecule has 2 N–H and O–H groups in total. The number of fused-ring (bicyclic) bond motifs is 2. The normalized spacial score (nSPS) is 36.5. The van der Waals surface area contributed by atoms with E-state index in [9.17, 15) is 24.3 Å². The summed E-state index contributed by atoms with van der Waals surface area (Å²) in [7, 11) is 0. The van der Waals surface area contributed by atoms with Crippen molar-refractivity contribution < 1.29 is 33.8 Å². The van der Waals surface area contributed by atoms with Gasteiger partial charge in [0.15, 0.2) is 0 Å². The second-order valence-electron chi connectivity index (χ2n) is 12.8. The third-order valence-electron chi connectivity index (χ3n) is 9.37. The predicted octanol–water partition coefficient (Wildman–Crippen LogP) is 2.10. The molecule has 4 heterocycles. The quantitative estimate of drug-likeness (QED) is 0.382. The molecular weight excluding hydrogens is 526 g/mol. The third kappa shape index (κ3) is 5.57. The van der Waals surface area contributed by atoms with Crippen LogP contribution in [0.5, 0.6) is 0 Å². The Hall–Kier alpha value is -2.72. The second kappa shape index (κ2) is 12.3. The van der Waals surface area contributed by atoms with E-state index in [1.165, 1.54) is 0 Å². The lowest BCUT2D eigenvalue weighted by Gasteiger charge is -2.41. The van der Waals surface area contributed by atoms with Crippen LogP contribution < -0.4 is 5.32 Å². The van der Waals surface area contributed by atoms with Gasteiger partial charge in [0.25, 0.3) is 0 Å². The first kappa shape index (κ1) is 29.8. The first-order chi connectivity index (χ1) is 19.7. The van der Waals surface area contributed by atoms with Crippen molar-refractivity contribution in [3.05, 3.63) is 24.3 Å². The summed E-state index contributed by atoms with van der Waals surface area (Å²) in [5.41, 5.74) is -1.38. The van der Waals surface area contributed by atoms with Gasteiger partial charge in [-0.1, -0.05) is 57.4 Å². The van der Waals surface area contributed by atoms with Crippen LogP contribution in [0.4, 0.5) is 0 Å². The van der Waals surface area contributed by atoms with Crippen LogP contribution in [0.3, 0.4) is 0 Å². The molecule has 226 valence electrons. The van der Waals surface area contributed by atoms with E-state index in [2.05, 4.69) is 5.32 Å². The van der Waals surface area contributed by atoms with E-state index >= 15 is 0 Å². The summed E-state index contributed by atoms with van der Waals surface area (Å²) in [5, 5.41) is 13.3. The van der Waals surface area contributed by atoms with Gasteiger partial charge in [0.05, 0.1) is 31.2 Å². The highest BCUT2D eigenvalue weighted by Crippen LogP contribution is 2.54. The van der Waals surface area contributed by atoms with Gasteiger partial charge in [-0.25, -0.2) is 0 Å². The number of carbonyl (C=O) groups excluding carboxylic acids is 4. The molecule has 0 aromatic rings. The molecule has 1 aliphatic carbocycles. The highest BCUT2D eigenvalue weighted by Gasteiger charge is 2.72. The van der Waals surface area contributed by atoms with Gasteiger partial charge in [-0.15, -0.1) is 0 Å². The zero-order chi connectivity index (χ0) is 29.3. The van der Waals surface area contributed by atoms with E-state index < -0.39 is 47.7 Å². The Morgan fingerprint density at radius 1 is 1.10 bits per heavy atom. The summed E-state index contributed by atoms with van der Waals surface area (Å²) in [6.07, 6.45) is 12.2. The van der Waals surface area contributed by atoms with E-state index in [-0.39, 0.29) is 49.3 Å². The van der Waals surface area contributed by atoms with E-state index in [4.69, 9.17) is 9.47 Å². The Balaban J connectivity index is 1.59. The maximum atomic E-state index is 14.6. The molecule has 0 aromatic carbocycles. The Morgan fingerprint density at radius 3 is 2.56 bits per heavy atom. The molecule has 10 nitrogen and oxygen atoms in total. The largest absolute Gasteiger partial charge is 0.460 e. The number of rotatable bonds is 5. The highest BCUT2D eigenvalue weighted by molar-refractivity contribution is 5.99. The van der Waals surface area contributed by atoms with Crippen LogP contribution in [0.25, 0.3) is 0 Å². The minimum Gasteiger partial charge on any atom is -0.460 e. The molecule has 5 rings (SSSR count). The monoisotopic (exact) mass is 571 g/mol. The van der Waals surface area contributed by atoms with Crippen LogP contribution in [0.1, 0.15) is 72.1 Å². The fourth-order valence-corrected chi connectivity index (χ4v) is 7.55. The summed E-state index contributed by atoms with van der Waals surface area (Å²) >= 11 is 0. The molecule has 5 aliphatic rings. The Labute approximate surface area is 242 Å². The van der Waals surface area contributed by atoms with Gasteiger partial charge < -0.3 is 29.7 Å². The number of aliphatic hydroxyl groups excluding tert-OH is 1. The van der Waals surface area contributed by atoms with Crippen molar-refractivity contribution in [1.29, 1.82) is 0 Å². The topological polar surface area (TPSA) is 125 Å². The van der Waals surface area contributed by atoms with Crippen LogP contribution in [-0.2, 0) is 28.7 Å². The first-order valence-electron chi connectivity index (χ1n) is 15.4. The number of aliphatic hydroxyl groups is 1. The lowest BCUT2D eigenvalue weighted by Crippen LogP contribution is -2.59. The number of nitrogens with one attached hydrogen (secondary N) is 1. The molecule has 3 fully saturated rings. The van der Waals surface area contributed by atoms with Gasteiger partial charge >= 0.3 is 5.97 Å². The number of esters is 1. The maximum absolute atomic E-state index is 14.6. The SMILES string of the molecule is CC(C)C[C@H](CO)N1C(=O)[C@H]2[C@@H]3C(=O)O[C@@H](C)CNC(=O)CC/C=C\[C@@H]3O[C@]23C=CCN(C2CCCCC2)C(=O)[C@H]13. The average molecular weight is 572 g/mol. The number of amides is 3. The number of likely N-dealkylation sites (tertiary alicyclic amines) is 1. The molecule has 3 amide bonds. The smallest absolute Gasteiger partial charge is 0.313 e. The summed E-state index contributed by atoms with van der Waals surface area (Å²) in [6.45, 7) is 6.02. The highest BCUT2D eigenvalue weighted by atomic mass is 16.6. The van der Waals surface area contributed by atoms with Crippen molar-refractivity contribution in [2.24, 2.45) is 17.8 Å². The van der Waals surface area contributed by atoms with Crippen LogP contribution in [0.2, 0.25) is 0 Å². The van der Waals surface area contributed by atoms with Gasteiger partial charge in [0.2, 0.25) is 17.7 Å². The van der Waals surface area contributed by atoms with Gasteiger partial charge in [0, 0.05) is 19.0 Å². The Bertz CT molecular complexity index is 1080. The molecule has 0 unspecified atom stereocenters. The van der Waals surface area contributed by atoms with Crippen molar-refractivity contribution in [2.75, 3.05) is 19.7 Å². The van der Waals surface area contributed by atoms with Gasteiger partial charge in [0.1, 0.15) is 23.7 Å². The summed E-state index contributed by atoms with van der Waals surface area (Å²) in [4.78, 5) is 58.5. The van der Waals surface area contributed by atoms with E-state index in [1.807, 2.05) is 30.9 Å². The Morgan fingerprint density at radius 2 is 1.85 bits per heavy atom. The fraction of sp³-hybridized carbons (Fsp3) is 0.742. The van der Waals surface area contributed by atoms with Gasteiger partial charge in [-0.2, -0.15) is 0 Å². The number of carbonyl (C=O) groups is 4. The van der Waals surface area contributed by atoms with Crippen molar-refractivity contribution in [3.8, 4) is 0 Å². The van der Waals surface area contributed by atoms with Crippen molar-refractivity contribution in [2.45, 2.75) is 108 Å². The molecule has 0 radical (unpaired) electrons. The number of ether oxygens (including phenoxy) is 2. The first-order valence-corrected chi connectivity index (χ1v) is 15.4. The summed E-state index contributed by atoms with van der Waals surface area (Å²) in [6, 6.07) is -1.51. The number of cyclic esters (lactones) is 1. The number of hydrogen-bond acceptors (Lipinski definition) is 7. The van der Waals surface area contributed by atoms with Gasteiger partial charge in [-0.3, -0.25) is 19.2 Å². The molecule has 0 aromatic heterocycles. The standard InChI is InChI=1S/C31H45N3O7/c1-19(2)16-22(18-35)34-27-29(38)33(21-10-5-4-6-11-21)15-9-14-31(27)26(28(34)37)25-23(41-31)12-7-8-13-24(36)32-17-20(3)40-30(25)39/h7,9,12,14,19-23,25-27,35H,4-6,8,10-11,13,15-18H2,1-3H3,(H,32,36)/b12-7-/t20-,22+,23-,25+,26+,27-,31+/m0/s1. The zero-order valence-corrected chi connectivity index (χ0v) is 24.5. The van der Waals surface area contributed by atoms with E-state index in [0.717, 1.165) is 32.1 Å². The molecule has 4 aliphatic heterocycles. The average Bonchev–Trinajstić information content (AvgIpc) is 3.33. The second-order valence-corrected chi connectivity index (χ2v) is 12.8. The maximum Gasteiger partial charge on any atom is 0.313 e. The minimum atomic E-state index is -1.38. The molecule has 41 heavy (non-hydrogen) atoms. The van der Waals surface area contributed by atoms with Crippen LogP contribution in [-0.4, -0.2) is 94.2 Å². The molecule has 2 saturated heterocycles. The summed E-state index contributed by atoms with van der Waals surface area (Å²) in [5.74, 6) is -3.05. The fourth-order valence-electron chi connectivity index (χ4n) is 7.55. The molecule has 0 bridgehead atoms. The third-order valence-corrected chi connectivity index (χ3v) is 9.37. The van der Waals surface area contributed by atoms with Gasteiger partial charge in [-0.05, 0) is 38.5 Å². The minimum absolute atomic E-state index is 0.0788.